The number of hydrogen-bond acceptors (Lipinski definition) is 4. The third-order valence-corrected chi connectivity index (χ3v) is 4.24. The molecule has 6 heteroatoms. The maximum Gasteiger partial charge on any atom is 0.335 e. The Morgan fingerprint density at radius 1 is 1.41 bits per heavy atom. The zero-order valence-electron chi connectivity index (χ0n) is 12.5. The number of aromatic carboxylic acids is 1. The second-order valence-electron chi connectivity index (χ2n) is 4.99. The molecule has 22 heavy (non-hydrogen) atoms. The van der Waals surface area contributed by atoms with E-state index in [0.717, 1.165) is 17.1 Å². The smallest absolute Gasteiger partial charge is 0.335 e. The van der Waals surface area contributed by atoms with Crippen molar-refractivity contribution in [1.82, 2.24) is 10.3 Å². The van der Waals surface area contributed by atoms with E-state index in [9.17, 15) is 9.59 Å². The lowest BCUT2D eigenvalue weighted by Crippen LogP contribution is -2.28. The molecule has 0 saturated heterocycles. The van der Waals surface area contributed by atoms with Crippen LogP contribution < -0.4 is 5.32 Å². The number of hydrogen-bond donors (Lipinski definition) is 2. The summed E-state index contributed by atoms with van der Waals surface area (Å²) >= 11 is 1.59. The first-order valence-electron chi connectivity index (χ1n) is 7.05. The second-order valence-corrected chi connectivity index (χ2v) is 5.93. The molecule has 0 fully saturated rings. The van der Waals surface area contributed by atoms with Gasteiger partial charge in [-0.15, -0.1) is 11.3 Å². The average Bonchev–Trinajstić information content (AvgIpc) is 2.96. The predicted molar refractivity (Wildman–Crippen MR) is 85.2 cm³/mol. The Kier molecular flexibility index (Phi) is 5.27. The van der Waals surface area contributed by atoms with Crippen LogP contribution >= 0.6 is 11.3 Å². The van der Waals surface area contributed by atoms with Gasteiger partial charge in [0.05, 0.1) is 28.7 Å². The van der Waals surface area contributed by atoms with Crippen LogP contribution in [-0.2, 0) is 17.6 Å². The van der Waals surface area contributed by atoms with Gasteiger partial charge in [-0.2, -0.15) is 0 Å². The van der Waals surface area contributed by atoms with E-state index in [1.54, 1.807) is 23.5 Å². The number of nitrogens with zero attached hydrogens (tertiary/aromatic N) is 1. The monoisotopic (exact) mass is 318 g/mol. The zero-order chi connectivity index (χ0) is 16.1. The summed E-state index contributed by atoms with van der Waals surface area (Å²) in [5, 5.41) is 14.8. The molecule has 1 aromatic carbocycles. The van der Waals surface area contributed by atoms with Gasteiger partial charge in [-0.05, 0) is 31.0 Å². The van der Waals surface area contributed by atoms with Crippen molar-refractivity contribution in [3.8, 4) is 0 Å². The predicted octanol–water partition coefficient (Wildman–Crippen LogP) is 2.82. The summed E-state index contributed by atoms with van der Waals surface area (Å²) in [6.45, 7) is 3.93. The van der Waals surface area contributed by atoms with Crippen LogP contribution in [0.5, 0.6) is 0 Å². The number of carbonyl (C=O) groups excluding carboxylic acids is 1. The molecule has 1 unspecified atom stereocenters. The van der Waals surface area contributed by atoms with Crippen LogP contribution in [0.15, 0.2) is 29.6 Å². The van der Waals surface area contributed by atoms with Crippen molar-refractivity contribution < 1.29 is 14.7 Å². The number of amides is 1. The maximum atomic E-state index is 12.1. The van der Waals surface area contributed by atoms with E-state index in [0.29, 0.717) is 5.56 Å². The van der Waals surface area contributed by atoms with E-state index in [-0.39, 0.29) is 23.9 Å². The van der Waals surface area contributed by atoms with E-state index in [1.807, 2.05) is 19.2 Å². The lowest BCUT2D eigenvalue weighted by molar-refractivity contribution is -0.121. The standard InChI is InChI=1S/C16H18N2O3S/c1-3-15-18-13(9-22-15)10(2)17-14(19)8-11-5-4-6-12(7-11)16(20)21/h4-7,9-10H,3,8H2,1-2H3,(H,17,19)(H,20,21). The third-order valence-electron chi connectivity index (χ3n) is 3.23. The van der Waals surface area contributed by atoms with E-state index in [4.69, 9.17) is 5.11 Å². The number of carbonyl (C=O) groups is 2. The fraction of sp³-hybridized carbons (Fsp3) is 0.312. The molecule has 5 nitrogen and oxygen atoms in total. The summed E-state index contributed by atoms with van der Waals surface area (Å²) in [4.78, 5) is 27.4. The van der Waals surface area contributed by atoms with Gasteiger partial charge in [-0.3, -0.25) is 4.79 Å². The molecule has 0 aliphatic carbocycles. The maximum absolute atomic E-state index is 12.1. The molecule has 2 N–H and O–H groups in total. The molecule has 0 aliphatic rings. The first-order valence-corrected chi connectivity index (χ1v) is 7.93. The minimum Gasteiger partial charge on any atom is -0.478 e. The van der Waals surface area contributed by atoms with Crippen LogP contribution in [0.1, 0.15) is 46.5 Å². The minimum absolute atomic E-state index is 0.149. The molecule has 1 atom stereocenters. The van der Waals surface area contributed by atoms with Crippen molar-refractivity contribution in [3.05, 3.63) is 51.5 Å². The number of thiazole rings is 1. The second kappa shape index (κ2) is 7.17. The highest BCUT2D eigenvalue weighted by molar-refractivity contribution is 7.09. The molecule has 0 radical (unpaired) electrons. The number of benzene rings is 1. The lowest BCUT2D eigenvalue weighted by atomic mass is 10.1. The van der Waals surface area contributed by atoms with Crippen molar-refractivity contribution in [1.29, 1.82) is 0 Å². The Morgan fingerprint density at radius 3 is 2.82 bits per heavy atom. The van der Waals surface area contributed by atoms with Crippen LogP contribution in [-0.4, -0.2) is 22.0 Å². The van der Waals surface area contributed by atoms with Crippen molar-refractivity contribution in [2.45, 2.75) is 32.7 Å². The molecule has 0 aliphatic heterocycles. The molecule has 116 valence electrons. The Balaban J connectivity index is 1.97. The van der Waals surface area contributed by atoms with Crippen LogP contribution in [0.4, 0.5) is 0 Å². The number of aromatic nitrogens is 1. The summed E-state index contributed by atoms with van der Waals surface area (Å²) < 4.78 is 0. The number of carboxylic acids is 1. The van der Waals surface area contributed by atoms with Crippen molar-refractivity contribution >= 4 is 23.2 Å². The molecule has 2 rings (SSSR count). The number of carboxylic acid groups (broad SMARTS) is 1. The van der Waals surface area contributed by atoms with Crippen LogP contribution in [0.3, 0.4) is 0 Å². The molecule has 1 heterocycles. The fourth-order valence-electron chi connectivity index (χ4n) is 2.05. The lowest BCUT2D eigenvalue weighted by Gasteiger charge is -2.12. The van der Waals surface area contributed by atoms with Gasteiger partial charge in [-0.1, -0.05) is 19.1 Å². The third kappa shape index (κ3) is 4.14. The molecule has 1 aromatic heterocycles. The van der Waals surface area contributed by atoms with Crippen LogP contribution in [0, 0.1) is 0 Å². The SMILES string of the molecule is CCc1nc(C(C)NC(=O)Cc2cccc(C(=O)O)c2)cs1. The van der Waals surface area contributed by atoms with E-state index >= 15 is 0 Å². The molecular formula is C16H18N2O3S. The Hall–Kier alpha value is -2.21. The Bertz CT molecular complexity index is 682. The van der Waals surface area contributed by atoms with Crippen molar-refractivity contribution in [2.75, 3.05) is 0 Å². The van der Waals surface area contributed by atoms with E-state index in [2.05, 4.69) is 10.3 Å². The average molecular weight is 318 g/mol. The van der Waals surface area contributed by atoms with Crippen LogP contribution in [0.2, 0.25) is 0 Å². The topological polar surface area (TPSA) is 79.3 Å². The number of aryl methyl sites for hydroxylation is 1. The van der Waals surface area contributed by atoms with Gasteiger partial charge < -0.3 is 10.4 Å². The highest BCUT2D eigenvalue weighted by Gasteiger charge is 2.13. The molecule has 0 bridgehead atoms. The molecule has 0 saturated carbocycles. The van der Waals surface area contributed by atoms with Crippen LogP contribution in [0.25, 0.3) is 0 Å². The summed E-state index contributed by atoms with van der Waals surface area (Å²) in [5.41, 5.74) is 1.72. The molecule has 0 spiro atoms. The summed E-state index contributed by atoms with van der Waals surface area (Å²) in [6.07, 6.45) is 1.03. The van der Waals surface area contributed by atoms with Crippen molar-refractivity contribution in [2.24, 2.45) is 0 Å². The Morgan fingerprint density at radius 2 is 2.18 bits per heavy atom. The van der Waals surface area contributed by atoms with E-state index < -0.39 is 5.97 Å². The fourth-order valence-corrected chi connectivity index (χ4v) is 2.89. The van der Waals surface area contributed by atoms with Gasteiger partial charge in [0.1, 0.15) is 0 Å². The minimum atomic E-state index is -0.995. The molecule has 2 aromatic rings. The van der Waals surface area contributed by atoms with Gasteiger partial charge in [0.25, 0.3) is 0 Å². The van der Waals surface area contributed by atoms with Gasteiger partial charge in [0.2, 0.25) is 5.91 Å². The van der Waals surface area contributed by atoms with Gasteiger partial charge >= 0.3 is 5.97 Å². The van der Waals surface area contributed by atoms with Gasteiger partial charge in [0, 0.05) is 5.38 Å². The number of nitrogens with one attached hydrogen (secondary N) is 1. The van der Waals surface area contributed by atoms with E-state index in [1.165, 1.54) is 12.1 Å². The molecular weight excluding hydrogens is 300 g/mol. The highest BCUT2D eigenvalue weighted by Crippen LogP contribution is 2.17. The first-order chi connectivity index (χ1) is 10.5. The highest BCUT2D eigenvalue weighted by atomic mass is 32.1. The molecule has 1 amide bonds. The summed E-state index contributed by atoms with van der Waals surface area (Å²) in [6, 6.07) is 6.25. The quantitative estimate of drug-likeness (QED) is 0.858. The Labute approximate surface area is 133 Å². The first kappa shape index (κ1) is 16.2. The normalized spacial score (nSPS) is 11.9. The van der Waals surface area contributed by atoms with Crippen molar-refractivity contribution in [3.63, 3.8) is 0 Å². The zero-order valence-corrected chi connectivity index (χ0v) is 13.3. The largest absolute Gasteiger partial charge is 0.478 e. The van der Waals surface area contributed by atoms with Gasteiger partial charge in [-0.25, -0.2) is 9.78 Å². The summed E-state index contributed by atoms with van der Waals surface area (Å²) in [5.74, 6) is -1.15. The summed E-state index contributed by atoms with van der Waals surface area (Å²) in [7, 11) is 0. The number of rotatable bonds is 6. The van der Waals surface area contributed by atoms with Gasteiger partial charge in [0.15, 0.2) is 0 Å².